The smallest absolute Gasteiger partial charge is 0.362 e. The van der Waals surface area contributed by atoms with E-state index in [4.69, 9.17) is 11.6 Å². The van der Waals surface area contributed by atoms with Crippen molar-refractivity contribution in [1.29, 1.82) is 0 Å². The summed E-state index contributed by atoms with van der Waals surface area (Å²) in [6.45, 7) is 3.29. The molecule has 170 valence electrons. The third kappa shape index (κ3) is 4.13. The predicted molar refractivity (Wildman–Crippen MR) is 117 cm³/mol. The Morgan fingerprint density at radius 3 is 2.59 bits per heavy atom. The minimum atomic E-state index is -4.46. The van der Waals surface area contributed by atoms with Gasteiger partial charge in [-0.05, 0) is 43.9 Å². The van der Waals surface area contributed by atoms with E-state index in [1.54, 1.807) is 23.8 Å². The van der Waals surface area contributed by atoms with E-state index in [1.165, 1.54) is 23.7 Å². The number of aromatic nitrogens is 3. The molecule has 1 aliphatic rings. The van der Waals surface area contributed by atoms with Gasteiger partial charge in [0.1, 0.15) is 0 Å². The van der Waals surface area contributed by atoms with Crippen molar-refractivity contribution in [3.05, 3.63) is 67.9 Å². The van der Waals surface area contributed by atoms with E-state index in [9.17, 15) is 22.8 Å². The van der Waals surface area contributed by atoms with E-state index in [0.717, 1.165) is 18.9 Å². The van der Waals surface area contributed by atoms with Gasteiger partial charge in [-0.1, -0.05) is 12.1 Å². The molecule has 0 spiro atoms. The zero-order chi connectivity index (χ0) is 23.2. The van der Waals surface area contributed by atoms with Gasteiger partial charge in [-0.25, -0.2) is 4.68 Å². The molecule has 0 amide bonds. The van der Waals surface area contributed by atoms with Gasteiger partial charge in [0.25, 0.3) is 11.1 Å². The summed E-state index contributed by atoms with van der Waals surface area (Å²) in [7, 11) is 0. The molecule has 0 aliphatic heterocycles. The van der Waals surface area contributed by atoms with Crippen molar-refractivity contribution in [2.45, 2.75) is 51.5 Å². The first-order valence-electron chi connectivity index (χ1n) is 10.3. The van der Waals surface area contributed by atoms with Crippen LogP contribution in [0.1, 0.15) is 48.5 Å². The number of alkyl halides is 4. The highest BCUT2D eigenvalue weighted by Crippen LogP contribution is 2.36. The number of nitrogens with zero attached hydrogens (tertiary/aromatic N) is 3. The lowest BCUT2D eigenvalue weighted by atomic mass is 9.97. The predicted octanol–water partition coefficient (Wildman–Crippen LogP) is 4.63. The van der Waals surface area contributed by atoms with Crippen LogP contribution in [0, 0.1) is 6.92 Å². The number of nitrogens with one attached hydrogen (secondary N) is 1. The van der Waals surface area contributed by atoms with Crippen LogP contribution in [0.2, 0.25) is 0 Å². The van der Waals surface area contributed by atoms with E-state index >= 15 is 0 Å². The lowest BCUT2D eigenvalue weighted by Gasteiger charge is -2.21. The maximum Gasteiger partial charge on any atom is 0.416 e. The summed E-state index contributed by atoms with van der Waals surface area (Å²) in [6, 6.07) is 4.89. The number of aryl methyl sites for hydroxylation is 1. The lowest BCUT2D eigenvalue weighted by Crippen LogP contribution is -2.28. The Labute approximate surface area is 186 Å². The molecule has 4 rings (SSSR count). The molecule has 6 nitrogen and oxygen atoms in total. The summed E-state index contributed by atoms with van der Waals surface area (Å²) >= 11 is 5.81. The molecule has 0 bridgehead atoms. The Balaban J connectivity index is 1.83. The molecule has 32 heavy (non-hydrogen) atoms. The first-order chi connectivity index (χ1) is 15.1. The van der Waals surface area contributed by atoms with E-state index in [-0.39, 0.29) is 35.0 Å². The van der Waals surface area contributed by atoms with Crippen molar-refractivity contribution in [2.24, 2.45) is 0 Å². The number of halogens is 4. The highest BCUT2D eigenvalue weighted by Gasteiger charge is 2.33. The van der Waals surface area contributed by atoms with Crippen LogP contribution < -0.4 is 16.4 Å². The molecule has 3 aromatic rings. The molecule has 1 saturated carbocycles. The molecule has 2 aromatic heterocycles. The van der Waals surface area contributed by atoms with E-state index < -0.39 is 23.3 Å². The molecular weight excluding hydrogens is 445 g/mol. The molecule has 1 N–H and O–H groups in total. The maximum atomic E-state index is 13.4. The largest absolute Gasteiger partial charge is 0.416 e. The Morgan fingerprint density at radius 1 is 1.25 bits per heavy atom. The fourth-order valence-corrected chi connectivity index (χ4v) is 4.12. The molecule has 1 unspecified atom stereocenters. The first kappa shape index (κ1) is 22.4. The van der Waals surface area contributed by atoms with Crippen LogP contribution in [0.15, 0.2) is 40.1 Å². The van der Waals surface area contributed by atoms with Crippen LogP contribution in [0.5, 0.6) is 0 Å². The van der Waals surface area contributed by atoms with Gasteiger partial charge in [-0.2, -0.15) is 18.3 Å². The third-order valence-corrected chi connectivity index (χ3v) is 5.93. The minimum absolute atomic E-state index is 0.0909. The van der Waals surface area contributed by atoms with Crippen LogP contribution in [0.4, 0.5) is 19.0 Å². The van der Waals surface area contributed by atoms with Crippen molar-refractivity contribution >= 4 is 28.2 Å². The number of hydrogen-bond acceptors (Lipinski definition) is 4. The summed E-state index contributed by atoms with van der Waals surface area (Å²) in [5, 5.41) is 8.18. The Hall–Kier alpha value is -2.81. The van der Waals surface area contributed by atoms with Gasteiger partial charge in [0.15, 0.2) is 5.82 Å². The van der Waals surface area contributed by atoms with Crippen molar-refractivity contribution in [1.82, 2.24) is 14.3 Å². The van der Waals surface area contributed by atoms with Crippen molar-refractivity contribution in [3.8, 4) is 0 Å². The van der Waals surface area contributed by atoms with Crippen molar-refractivity contribution in [2.75, 3.05) is 11.2 Å². The van der Waals surface area contributed by atoms with Gasteiger partial charge in [0, 0.05) is 29.6 Å². The average Bonchev–Trinajstić information content (AvgIpc) is 3.55. The van der Waals surface area contributed by atoms with Crippen molar-refractivity contribution < 1.29 is 13.2 Å². The molecule has 2 heterocycles. The number of fused-ring (bicyclic) bond motifs is 1. The second-order valence-corrected chi connectivity index (χ2v) is 8.40. The third-order valence-electron chi connectivity index (χ3n) is 5.76. The van der Waals surface area contributed by atoms with Crippen LogP contribution in [0.25, 0.3) is 10.8 Å². The standard InChI is InChI=1S/C22H22ClF3N4O2/c1-12-15(4-3-5-18(12)22(24,25)26)13(2)27-20-17-11-29(14-6-7-14)19(31)10-16(17)21(32)30(28-20)9-8-23/h3-5,10-11,13-14H,6-9H2,1-2H3,(H,27,28). The summed E-state index contributed by atoms with van der Waals surface area (Å²) in [5.41, 5.74) is -0.826. The molecule has 1 fully saturated rings. The quantitative estimate of drug-likeness (QED) is 0.538. The summed E-state index contributed by atoms with van der Waals surface area (Å²) in [4.78, 5) is 25.3. The highest BCUT2D eigenvalue weighted by molar-refractivity contribution is 6.17. The number of anilines is 1. The molecular formula is C22H22ClF3N4O2. The Bertz CT molecular complexity index is 1300. The lowest BCUT2D eigenvalue weighted by molar-refractivity contribution is -0.138. The Morgan fingerprint density at radius 2 is 1.97 bits per heavy atom. The fraction of sp³-hybridized carbons (Fsp3) is 0.409. The summed E-state index contributed by atoms with van der Waals surface area (Å²) < 4.78 is 42.8. The molecule has 10 heteroatoms. The van der Waals surface area contributed by atoms with Crippen LogP contribution in [-0.2, 0) is 12.7 Å². The molecule has 1 aromatic carbocycles. The van der Waals surface area contributed by atoms with E-state index in [0.29, 0.717) is 16.8 Å². The van der Waals surface area contributed by atoms with Gasteiger partial charge in [0.05, 0.1) is 23.5 Å². The number of hydrogen-bond donors (Lipinski definition) is 1. The molecule has 0 saturated heterocycles. The van der Waals surface area contributed by atoms with Gasteiger partial charge in [-0.3, -0.25) is 9.59 Å². The van der Waals surface area contributed by atoms with Gasteiger partial charge in [0.2, 0.25) is 0 Å². The Kier molecular flexibility index (Phi) is 5.79. The van der Waals surface area contributed by atoms with Gasteiger partial charge < -0.3 is 9.88 Å². The van der Waals surface area contributed by atoms with Crippen LogP contribution >= 0.6 is 11.6 Å². The van der Waals surface area contributed by atoms with E-state index in [2.05, 4.69) is 10.4 Å². The van der Waals surface area contributed by atoms with Crippen LogP contribution in [-0.4, -0.2) is 20.2 Å². The van der Waals surface area contributed by atoms with Crippen LogP contribution in [0.3, 0.4) is 0 Å². The highest BCUT2D eigenvalue weighted by atomic mass is 35.5. The molecule has 0 radical (unpaired) electrons. The second-order valence-electron chi connectivity index (χ2n) is 8.03. The fourth-order valence-electron chi connectivity index (χ4n) is 3.96. The maximum absolute atomic E-state index is 13.4. The summed E-state index contributed by atoms with van der Waals surface area (Å²) in [5.74, 6) is 0.447. The zero-order valence-corrected chi connectivity index (χ0v) is 18.3. The van der Waals surface area contributed by atoms with Crippen molar-refractivity contribution in [3.63, 3.8) is 0 Å². The van der Waals surface area contributed by atoms with Gasteiger partial charge in [-0.15, -0.1) is 11.6 Å². The molecule has 1 atom stereocenters. The average molecular weight is 467 g/mol. The number of benzene rings is 1. The SMILES string of the molecule is Cc1c(C(C)Nc2nn(CCCl)c(=O)c3cc(=O)n(C4CC4)cc23)cccc1C(F)(F)F. The normalized spacial score (nSPS) is 15.2. The van der Waals surface area contributed by atoms with Gasteiger partial charge >= 0.3 is 6.18 Å². The number of rotatable bonds is 6. The first-order valence-corrected chi connectivity index (χ1v) is 10.8. The topological polar surface area (TPSA) is 68.9 Å². The molecule has 1 aliphatic carbocycles. The second kappa shape index (κ2) is 8.27. The minimum Gasteiger partial charge on any atom is -0.362 e. The number of pyridine rings is 1. The van der Waals surface area contributed by atoms with E-state index in [1.807, 2.05) is 0 Å². The zero-order valence-electron chi connectivity index (χ0n) is 17.5. The summed E-state index contributed by atoms with van der Waals surface area (Å²) in [6.07, 6.45) is -1.09. The monoisotopic (exact) mass is 466 g/mol.